The van der Waals surface area contributed by atoms with Gasteiger partial charge in [0.05, 0.1) is 18.8 Å². The molecule has 0 saturated carbocycles. The van der Waals surface area contributed by atoms with Crippen LogP contribution in [0.1, 0.15) is 19.0 Å². The summed E-state index contributed by atoms with van der Waals surface area (Å²) in [7, 11) is 0. The SMILES string of the molecule is CC1(NCc2cn(CCN)nn2)CCOC1. The molecule has 1 unspecified atom stereocenters. The number of aromatic nitrogens is 3. The zero-order valence-electron chi connectivity index (χ0n) is 9.65. The second-order valence-electron chi connectivity index (χ2n) is 4.48. The Labute approximate surface area is 95.1 Å². The van der Waals surface area contributed by atoms with Crippen molar-refractivity contribution in [3.8, 4) is 0 Å². The summed E-state index contributed by atoms with van der Waals surface area (Å²) in [6.07, 6.45) is 2.98. The monoisotopic (exact) mass is 225 g/mol. The van der Waals surface area contributed by atoms with Crippen LogP contribution in [0, 0.1) is 0 Å². The van der Waals surface area contributed by atoms with E-state index in [4.69, 9.17) is 10.5 Å². The van der Waals surface area contributed by atoms with E-state index in [1.54, 1.807) is 4.68 Å². The predicted octanol–water partition coefficient (Wildman–Crippen LogP) is -0.495. The van der Waals surface area contributed by atoms with E-state index in [0.717, 1.165) is 31.9 Å². The van der Waals surface area contributed by atoms with Crippen LogP contribution in [0.3, 0.4) is 0 Å². The minimum atomic E-state index is 0.0810. The van der Waals surface area contributed by atoms with Crippen LogP contribution in [-0.4, -0.2) is 40.3 Å². The van der Waals surface area contributed by atoms with Gasteiger partial charge in [-0.2, -0.15) is 0 Å². The van der Waals surface area contributed by atoms with Crippen LogP contribution in [-0.2, 0) is 17.8 Å². The first-order valence-corrected chi connectivity index (χ1v) is 5.64. The van der Waals surface area contributed by atoms with Crippen molar-refractivity contribution in [3.05, 3.63) is 11.9 Å². The zero-order valence-corrected chi connectivity index (χ0v) is 9.65. The second-order valence-corrected chi connectivity index (χ2v) is 4.48. The van der Waals surface area contributed by atoms with Gasteiger partial charge in [0.1, 0.15) is 0 Å². The maximum Gasteiger partial charge on any atom is 0.0965 e. The summed E-state index contributed by atoms with van der Waals surface area (Å²) in [5.74, 6) is 0. The van der Waals surface area contributed by atoms with E-state index < -0.39 is 0 Å². The van der Waals surface area contributed by atoms with Crippen molar-refractivity contribution in [1.29, 1.82) is 0 Å². The molecule has 0 bridgehead atoms. The maximum atomic E-state index is 5.44. The first kappa shape index (κ1) is 11.5. The summed E-state index contributed by atoms with van der Waals surface area (Å²) in [5, 5.41) is 11.5. The normalized spacial score (nSPS) is 25.1. The Balaban J connectivity index is 1.84. The summed E-state index contributed by atoms with van der Waals surface area (Å²) < 4.78 is 7.14. The lowest BCUT2D eigenvalue weighted by Crippen LogP contribution is -2.42. The molecule has 0 radical (unpaired) electrons. The van der Waals surface area contributed by atoms with E-state index >= 15 is 0 Å². The second kappa shape index (κ2) is 4.90. The fourth-order valence-corrected chi connectivity index (χ4v) is 1.77. The molecular weight excluding hydrogens is 206 g/mol. The van der Waals surface area contributed by atoms with Crippen molar-refractivity contribution in [2.45, 2.75) is 32.0 Å². The Morgan fingerprint density at radius 3 is 3.25 bits per heavy atom. The van der Waals surface area contributed by atoms with Crippen molar-refractivity contribution in [2.24, 2.45) is 5.73 Å². The maximum absolute atomic E-state index is 5.44. The van der Waals surface area contributed by atoms with Gasteiger partial charge in [-0.1, -0.05) is 5.21 Å². The van der Waals surface area contributed by atoms with Gasteiger partial charge >= 0.3 is 0 Å². The first-order valence-electron chi connectivity index (χ1n) is 5.64. The lowest BCUT2D eigenvalue weighted by molar-refractivity contribution is 0.171. The molecule has 2 rings (SSSR count). The largest absolute Gasteiger partial charge is 0.379 e. The van der Waals surface area contributed by atoms with Crippen LogP contribution in [0.2, 0.25) is 0 Å². The third-order valence-electron chi connectivity index (χ3n) is 2.86. The van der Waals surface area contributed by atoms with Gasteiger partial charge < -0.3 is 15.8 Å². The van der Waals surface area contributed by atoms with Crippen molar-refractivity contribution >= 4 is 0 Å². The molecule has 1 aliphatic heterocycles. The molecule has 1 fully saturated rings. The Morgan fingerprint density at radius 1 is 1.69 bits per heavy atom. The van der Waals surface area contributed by atoms with Gasteiger partial charge in [0.25, 0.3) is 0 Å². The lowest BCUT2D eigenvalue weighted by Gasteiger charge is -2.22. The highest BCUT2D eigenvalue weighted by atomic mass is 16.5. The highest BCUT2D eigenvalue weighted by Crippen LogP contribution is 2.17. The van der Waals surface area contributed by atoms with Crippen LogP contribution in [0.15, 0.2) is 6.20 Å². The van der Waals surface area contributed by atoms with Gasteiger partial charge in [-0.25, -0.2) is 0 Å². The average molecular weight is 225 g/mol. The third-order valence-corrected chi connectivity index (χ3v) is 2.86. The molecule has 16 heavy (non-hydrogen) atoms. The van der Waals surface area contributed by atoms with Gasteiger partial charge in [-0.3, -0.25) is 4.68 Å². The van der Waals surface area contributed by atoms with Crippen LogP contribution < -0.4 is 11.1 Å². The molecule has 1 aromatic rings. The molecule has 0 amide bonds. The number of hydrogen-bond donors (Lipinski definition) is 2. The summed E-state index contributed by atoms with van der Waals surface area (Å²) >= 11 is 0. The minimum absolute atomic E-state index is 0.0810. The Kier molecular flexibility index (Phi) is 3.52. The van der Waals surface area contributed by atoms with Gasteiger partial charge in [-0.15, -0.1) is 5.10 Å². The van der Waals surface area contributed by atoms with Crippen LogP contribution in [0.5, 0.6) is 0 Å². The van der Waals surface area contributed by atoms with Crippen LogP contribution in [0.4, 0.5) is 0 Å². The molecule has 1 aromatic heterocycles. The van der Waals surface area contributed by atoms with Gasteiger partial charge in [0, 0.05) is 31.4 Å². The highest BCUT2D eigenvalue weighted by Gasteiger charge is 2.28. The molecule has 0 aromatic carbocycles. The van der Waals surface area contributed by atoms with E-state index in [1.807, 2.05) is 6.20 Å². The van der Waals surface area contributed by atoms with E-state index in [0.29, 0.717) is 13.1 Å². The van der Waals surface area contributed by atoms with E-state index in [2.05, 4.69) is 22.6 Å². The number of rotatable bonds is 5. The molecule has 1 atom stereocenters. The molecule has 0 aliphatic carbocycles. The lowest BCUT2D eigenvalue weighted by atomic mass is 10.0. The van der Waals surface area contributed by atoms with Crippen LogP contribution in [0.25, 0.3) is 0 Å². The molecule has 6 nitrogen and oxygen atoms in total. The summed E-state index contributed by atoms with van der Waals surface area (Å²) in [6.45, 7) is 5.80. The van der Waals surface area contributed by atoms with Gasteiger partial charge in [-0.05, 0) is 13.3 Å². The third kappa shape index (κ3) is 2.78. The zero-order chi connectivity index (χ0) is 11.4. The van der Waals surface area contributed by atoms with Crippen molar-refractivity contribution < 1.29 is 4.74 Å². The molecule has 2 heterocycles. The molecular formula is C10H19N5O. The number of nitrogens with zero attached hydrogens (tertiary/aromatic N) is 3. The quantitative estimate of drug-likeness (QED) is 0.706. The molecule has 6 heteroatoms. The molecule has 1 saturated heterocycles. The van der Waals surface area contributed by atoms with Gasteiger partial charge in [0.2, 0.25) is 0 Å². The fourth-order valence-electron chi connectivity index (χ4n) is 1.77. The van der Waals surface area contributed by atoms with E-state index in [1.165, 1.54) is 0 Å². The van der Waals surface area contributed by atoms with Crippen molar-refractivity contribution in [1.82, 2.24) is 20.3 Å². The summed E-state index contributed by atoms with van der Waals surface area (Å²) in [6, 6.07) is 0. The summed E-state index contributed by atoms with van der Waals surface area (Å²) in [5.41, 5.74) is 6.47. The topological polar surface area (TPSA) is 78.0 Å². The summed E-state index contributed by atoms with van der Waals surface area (Å²) in [4.78, 5) is 0. The molecule has 3 N–H and O–H groups in total. The number of hydrogen-bond acceptors (Lipinski definition) is 5. The van der Waals surface area contributed by atoms with Crippen molar-refractivity contribution in [2.75, 3.05) is 19.8 Å². The van der Waals surface area contributed by atoms with Crippen molar-refractivity contribution in [3.63, 3.8) is 0 Å². The standard InChI is InChI=1S/C10H19N5O/c1-10(2-5-16-8-10)12-6-9-7-15(4-3-11)14-13-9/h7,12H,2-6,8,11H2,1H3. The molecule has 90 valence electrons. The Hall–Kier alpha value is -0.980. The Morgan fingerprint density at radius 2 is 2.56 bits per heavy atom. The predicted molar refractivity (Wildman–Crippen MR) is 59.8 cm³/mol. The number of nitrogens with two attached hydrogens (primary N) is 1. The number of nitrogens with one attached hydrogen (secondary N) is 1. The molecule has 1 aliphatic rings. The molecule has 0 spiro atoms. The first-order chi connectivity index (χ1) is 7.72. The average Bonchev–Trinajstić information content (AvgIpc) is 2.86. The number of ether oxygens (including phenoxy) is 1. The van der Waals surface area contributed by atoms with Gasteiger partial charge in [0.15, 0.2) is 0 Å². The Bertz CT molecular complexity index is 332. The fraction of sp³-hybridized carbons (Fsp3) is 0.800. The smallest absolute Gasteiger partial charge is 0.0965 e. The highest BCUT2D eigenvalue weighted by molar-refractivity contribution is 4.95. The van der Waals surface area contributed by atoms with E-state index in [-0.39, 0.29) is 5.54 Å². The minimum Gasteiger partial charge on any atom is -0.379 e. The van der Waals surface area contributed by atoms with E-state index in [9.17, 15) is 0 Å². The van der Waals surface area contributed by atoms with Crippen LogP contribution >= 0.6 is 0 Å².